The van der Waals surface area contributed by atoms with Gasteiger partial charge in [-0.3, -0.25) is 9.78 Å². The summed E-state index contributed by atoms with van der Waals surface area (Å²) in [5, 5.41) is 2.70. The number of benzene rings is 1. The van der Waals surface area contributed by atoms with E-state index in [1.54, 1.807) is 43.6 Å². The molecule has 0 aliphatic rings. The number of hydrogen-bond acceptors (Lipinski definition) is 2. The highest BCUT2D eigenvalue weighted by Crippen LogP contribution is 2.15. The molecule has 4 heteroatoms. The van der Waals surface area contributed by atoms with Gasteiger partial charge >= 0.3 is 0 Å². The quantitative estimate of drug-likeness (QED) is 0.857. The van der Waals surface area contributed by atoms with Crippen LogP contribution in [0.3, 0.4) is 0 Å². The molecule has 3 nitrogen and oxygen atoms in total. The van der Waals surface area contributed by atoms with Gasteiger partial charge in [-0.15, -0.1) is 0 Å². The second-order valence-electron chi connectivity index (χ2n) is 4.06. The molecule has 0 aliphatic heterocycles. The number of amides is 1. The summed E-state index contributed by atoms with van der Waals surface area (Å²) in [5.74, 6) is -0.575. The van der Waals surface area contributed by atoms with Gasteiger partial charge in [0.25, 0.3) is 0 Å². The molecular formula is C15H13FN2O. The maximum Gasteiger partial charge on any atom is 0.248 e. The highest BCUT2D eigenvalue weighted by atomic mass is 19.1. The Balaban J connectivity index is 2.04. The Morgan fingerprint density at radius 3 is 2.68 bits per heavy atom. The van der Waals surface area contributed by atoms with Crippen LogP contribution in [0.1, 0.15) is 11.1 Å². The van der Waals surface area contributed by atoms with Crippen molar-refractivity contribution >= 4 is 17.7 Å². The van der Waals surface area contributed by atoms with E-state index in [9.17, 15) is 9.18 Å². The zero-order chi connectivity index (χ0) is 13.7. The number of aryl methyl sites for hydroxylation is 1. The predicted octanol–water partition coefficient (Wildman–Crippen LogP) is 3.18. The van der Waals surface area contributed by atoms with Crippen molar-refractivity contribution < 1.29 is 9.18 Å². The molecule has 0 radical (unpaired) electrons. The van der Waals surface area contributed by atoms with Crippen LogP contribution >= 0.6 is 0 Å². The molecule has 1 aromatic carbocycles. The van der Waals surface area contributed by atoms with Crippen LogP contribution in [0.15, 0.2) is 48.8 Å². The number of nitrogens with zero attached hydrogens (tertiary/aromatic N) is 1. The molecule has 19 heavy (non-hydrogen) atoms. The number of anilines is 1. The summed E-state index contributed by atoms with van der Waals surface area (Å²) in [6.45, 7) is 1.74. The first-order valence-electron chi connectivity index (χ1n) is 5.80. The SMILES string of the molecule is Cc1cc(F)ccc1NC(=O)C=Cc1ccncc1. The number of hydrogen-bond donors (Lipinski definition) is 1. The van der Waals surface area contributed by atoms with Gasteiger partial charge in [-0.25, -0.2) is 4.39 Å². The van der Waals surface area contributed by atoms with Gasteiger partial charge in [-0.2, -0.15) is 0 Å². The molecule has 0 spiro atoms. The second-order valence-corrected chi connectivity index (χ2v) is 4.06. The number of nitrogens with one attached hydrogen (secondary N) is 1. The fourth-order valence-corrected chi connectivity index (χ4v) is 1.59. The van der Waals surface area contributed by atoms with Crippen molar-refractivity contribution in [1.82, 2.24) is 4.98 Å². The predicted molar refractivity (Wildman–Crippen MR) is 73.0 cm³/mol. The Labute approximate surface area is 110 Å². The van der Waals surface area contributed by atoms with Crippen molar-refractivity contribution in [2.75, 3.05) is 5.32 Å². The maximum atomic E-state index is 12.9. The molecular weight excluding hydrogens is 243 g/mol. The summed E-state index contributed by atoms with van der Waals surface area (Å²) in [5.41, 5.74) is 2.18. The summed E-state index contributed by atoms with van der Waals surface area (Å²) >= 11 is 0. The Kier molecular flexibility index (Phi) is 4.03. The van der Waals surface area contributed by atoms with E-state index < -0.39 is 0 Å². The van der Waals surface area contributed by atoms with Crippen molar-refractivity contribution in [2.45, 2.75) is 6.92 Å². The number of aromatic nitrogens is 1. The van der Waals surface area contributed by atoms with Crippen LogP contribution in [0.25, 0.3) is 6.08 Å². The van der Waals surface area contributed by atoms with Gasteiger partial charge in [0, 0.05) is 24.2 Å². The van der Waals surface area contributed by atoms with Gasteiger partial charge in [-0.05, 0) is 54.5 Å². The zero-order valence-corrected chi connectivity index (χ0v) is 10.4. The average molecular weight is 256 g/mol. The van der Waals surface area contributed by atoms with Crippen LogP contribution in [0.5, 0.6) is 0 Å². The molecule has 0 atom stereocenters. The lowest BCUT2D eigenvalue weighted by Gasteiger charge is -2.05. The molecule has 0 bridgehead atoms. The first-order valence-corrected chi connectivity index (χ1v) is 5.80. The van der Waals surface area contributed by atoms with Crippen LogP contribution in [-0.2, 0) is 4.79 Å². The first-order chi connectivity index (χ1) is 9.15. The molecule has 1 N–H and O–H groups in total. The lowest BCUT2D eigenvalue weighted by molar-refractivity contribution is -0.111. The molecule has 1 heterocycles. The van der Waals surface area contributed by atoms with Crippen molar-refractivity contribution in [2.24, 2.45) is 0 Å². The Bertz CT molecular complexity index is 609. The molecule has 2 aromatic rings. The van der Waals surface area contributed by atoms with Gasteiger partial charge in [-0.1, -0.05) is 0 Å². The van der Waals surface area contributed by atoms with Crippen molar-refractivity contribution in [3.05, 3.63) is 65.7 Å². The van der Waals surface area contributed by atoms with Gasteiger partial charge in [0.15, 0.2) is 0 Å². The normalized spacial score (nSPS) is 10.6. The summed E-state index contributed by atoms with van der Waals surface area (Å²) in [6, 6.07) is 7.83. The number of rotatable bonds is 3. The minimum Gasteiger partial charge on any atom is -0.322 e. The van der Waals surface area contributed by atoms with Crippen LogP contribution in [0, 0.1) is 12.7 Å². The molecule has 1 amide bonds. The molecule has 0 aliphatic carbocycles. The maximum absolute atomic E-state index is 12.9. The minimum absolute atomic E-state index is 0.258. The number of carbonyl (C=O) groups is 1. The highest BCUT2D eigenvalue weighted by molar-refractivity contribution is 6.02. The smallest absolute Gasteiger partial charge is 0.248 e. The Hall–Kier alpha value is -2.49. The second kappa shape index (κ2) is 5.91. The van der Waals surface area contributed by atoms with Crippen molar-refractivity contribution in [3.8, 4) is 0 Å². The third-order valence-electron chi connectivity index (χ3n) is 2.58. The molecule has 96 valence electrons. The van der Waals surface area contributed by atoms with Gasteiger partial charge in [0.1, 0.15) is 5.82 Å². The fraction of sp³-hybridized carbons (Fsp3) is 0.0667. The molecule has 0 fully saturated rings. The Morgan fingerprint density at radius 1 is 1.26 bits per heavy atom. The van der Waals surface area contributed by atoms with Gasteiger partial charge in [0.05, 0.1) is 0 Å². The van der Waals surface area contributed by atoms with Crippen molar-refractivity contribution in [1.29, 1.82) is 0 Å². The number of halogens is 1. The van der Waals surface area contributed by atoms with E-state index in [2.05, 4.69) is 10.3 Å². The van der Waals surface area contributed by atoms with Crippen LogP contribution < -0.4 is 5.32 Å². The summed E-state index contributed by atoms with van der Waals surface area (Å²) in [6.07, 6.45) is 6.43. The van der Waals surface area contributed by atoms with E-state index in [4.69, 9.17) is 0 Å². The van der Waals surface area contributed by atoms with E-state index in [1.807, 2.05) is 0 Å². The zero-order valence-electron chi connectivity index (χ0n) is 10.4. The topological polar surface area (TPSA) is 42.0 Å². The Morgan fingerprint density at radius 2 is 2.00 bits per heavy atom. The lowest BCUT2D eigenvalue weighted by Crippen LogP contribution is -2.08. The molecule has 1 aromatic heterocycles. The van der Waals surface area contributed by atoms with Crippen LogP contribution in [0.4, 0.5) is 10.1 Å². The summed E-state index contributed by atoms with van der Waals surface area (Å²) in [7, 11) is 0. The minimum atomic E-state index is -0.317. The third-order valence-corrected chi connectivity index (χ3v) is 2.58. The van der Waals surface area contributed by atoms with Crippen molar-refractivity contribution in [3.63, 3.8) is 0 Å². The first kappa shape index (κ1) is 13.0. The van der Waals surface area contributed by atoms with E-state index in [0.29, 0.717) is 11.3 Å². The third kappa shape index (κ3) is 3.74. The highest BCUT2D eigenvalue weighted by Gasteiger charge is 2.02. The fourth-order valence-electron chi connectivity index (χ4n) is 1.59. The molecule has 0 unspecified atom stereocenters. The molecule has 0 saturated carbocycles. The lowest BCUT2D eigenvalue weighted by atomic mass is 10.2. The number of carbonyl (C=O) groups excluding carboxylic acids is 1. The molecule has 2 rings (SSSR count). The standard InChI is InChI=1S/C15H13FN2O/c1-11-10-13(16)3-4-14(11)18-15(19)5-2-12-6-8-17-9-7-12/h2-10H,1H3,(H,18,19). The van der Waals surface area contributed by atoms with E-state index >= 15 is 0 Å². The summed E-state index contributed by atoms with van der Waals surface area (Å²) < 4.78 is 12.9. The number of pyridine rings is 1. The molecule has 0 saturated heterocycles. The largest absolute Gasteiger partial charge is 0.322 e. The van der Waals surface area contributed by atoms with E-state index in [-0.39, 0.29) is 11.7 Å². The monoisotopic (exact) mass is 256 g/mol. The van der Waals surface area contributed by atoms with Crippen LogP contribution in [0.2, 0.25) is 0 Å². The van der Waals surface area contributed by atoms with Gasteiger partial charge < -0.3 is 5.32 Å². The van der Waals surface area contributed by atoms with E-state index in [1.165, 1.54) is 18.2 Å². The van der Waals surface area contributed by atoms with E-state index in [0.717, 1.165) is 5.56 Å². The summed E-state index contributed by atoms with van der Waals surface area (Å²) in [4.78, 5) is 15.6. The average Bonchev–Trinajstić information content (AvgIpc) is 2.41. The van der Waals surface area contributed by atoms with Gasteiger partial charge in [0.2, 0.25) is 5.91 Å². The van der Waals surface area contributed by atoms with Crippen LogP contribution in [-0.4, -0.2) is 10.9 Å².